The Balaban J connectivity index is 2.52. The van der Waals surface area contributed by atoms with E-state index in [1.165, 1.54) is 0 Å². The van der Waals surface area contributed by atoms with Crippen molar-refractivity contribution in [3.8, 4) is 0 Å². The molecule has 0 fully saturated rings. The van der Waals surface area contributed by atoms with Crippen molar-refractivity contribution in [2.24, 2.45) is 5.92 Å². The molecular formula is C8H15N3O. The van der Waals surface area contributed by atoms with E-state index in [-0.39, 0.29) is 0 Å². The molecule has 2 N–H and O–H groups in total. The molecule has 68 valence electrons. The van der Waals surface area contributed by atoms with E-state index in [2.05, 4.69) is 24.4 Å². The van der Waals surface area contributed by atoms with E-state index in [0.29, 0.717) is 12.5 Å². The number of hydroxylamine groups is 1. The number of nitrogens with one attached hydrogen (secondary N) is 1. The molecule has 4 nitrogen and oxygen atoms in total. The summed E-state index contributed by atoms with van der Waals surface area (Å²) >= 11 is 0. The SMILES string of the molecule is CC(C)Cn1ccc(CNO)n1. The van der Waals surface area contributed by atoms with Gasteiger partial charge in [-0.3, -0.25) is 4.68 Å². The van der Waals surface area contributed by atoms with Crippen molar-refractivity contribution in [2.75, 3.05) is 0 Å². The van der Waals surface area contributed by atoms with Crippen LogP contribution in [0.15, 0.2) is 12.3 Å². The topological polar surface area (TPSA) is 50.1 Å². The third-order valence-corrected chi connectivity index (χ3v) is 1.51. The van der Waals surface area contributed by atoms with Crippen molar-refractivity contribution >= 4 is 0 Å². The first-order valence-corrected chi connectivity index (χ1v) is 4.11. The number of hydrogen-bond acceptors (Lipinski definition) is 3. The minimum atomic E-state index is 0.408. The van der Waals surface area contributed by atoms with Crippen molar-refractivity contribution < 1.29 is 5.21 Å². The van der Waals surface area contributed by atoms with Gasteiger partial charge in [-0.25, -0.2) is 0 Å². The lowest BCUT2D eigenvalue weighted by molar-refractivity contribution is 0.159. The summed E-state index contributed by atoms with van der Waals surface area (Å²) in [6, 6.07) is 1.89. The summed E-state index contributed by atoms with van der Waals surface area (Å²) in [4.78, 5) is 0. The Hall–Kier alpha value is -0.870. The smallest absolute Gasteiger partial charge is 0.0786 e. The molecule has 12 heavy (non-hydrogen) atoms. The van der Waals surface area contributed by atoms with Gasteiger partial charge in [0.15, 0.2) is 0 Å². The summed E-state index contributed by atoms with van der Waals surface area (Å²) in [5, 5.41) is 12.6. The zero-order chi connectivity index (χ0) is 8.97. The van der Waals surface area contributed by atoms with Gasteiger partial charge in [-0.1, -0.05) is 13.8 Å². The highest BCUT2D eigenvalue weighted by Crippen LogP contribution is 2.00. The van der Waals surface area contributed by atoms with Gasteiger partial charge in [-0.2, -0.15) is 10.6 Å². The molecule has 0 radical (unpaired) electrons. The van der Waals surface area contributed by atoms with Crippen molar-refractivity contribution in [1.82, 2.24) is 15.3 Å². The van der Waals surface area contributed by atoms with Gasteiger partial charge >= 0.3 is 0 Å². The summed E-state index contributed by atoms with van der Waals surface area (Å²) in [5.74, 6) is 0.597. The second-order valence-corrected chi connectivity index (χ2v) is 3.26. The lowest BCUT2D eigenvalue weighted by Gasteiger charge is -2.03. The van der Waals surface area contributed by atoms with Crippen LogP contribution in [-0.2, 0) is 13.1 Å². The fourth-order valence-corrected chi connectivity index (χ4v) is 1.05. The Bertz CT molecular complexity index is 232. The predicted octanol–water partition coefficient (Wildman–Crippen LogP) is 1.02. The molecule has 0 spiro atoms. The molecule has 0 aromatic carbocycles. The Morgan fingerprint density at radius 1 is 1.67 bits per heavy atom. The number of aromatic nitrogens is 2. The Labute approximate surface area is 72.2 Å². The normalized spacial score (nSPS) is 11.0. The van der Waals surface area contributed by atoms with Gasteiger partial charge in [0.05, 0.1) is 12.2 Å². The second kappa shape index (κ2) is 4.23. The zero-order valence-electron chi connectivity index (χ0n) is 7.49. The average molecular weight is 169 g/mol. The minimum absolute atomic E-state index is 0.408. The Morgan fingerprint density at radius 3 is 3.00 bits per heavy atom. The van der Waals surface area contributed by atoms with Gasteiger partial charge in [0.2, 0.25) is 0 Å². The van der Waals surface area contributed by atoms with Crippen LogP contribution in [0, 0.1) is 5.92 Å². The second-order valence-electron chi connectivity index (χ2n) is 3.26. The molecule has 1 rings (SSSR count). The number of hydrogen-bond donors (Lipinski definition) is 2. The minimum Gasteiger partial charge on any atom is -0.316 e. The summed E-state index contributed by atoms with van der Waals surface area (Å²) < 4.78 is 1.89. The van der Waals surface area contributed by atoms with E-state index < -0.39 is 0 Å². The number of nitrogens with zero attached hydrogens (tertiary/aromatic N) is 2. The lowest BCUT2D eigenvalue weighted by atomic mass is 10.2. The summed E-state index contributed by atoms with van der Waals surface area (Å²) in [5.41, 5.74) is 2.93. The molecule has 4 heteroatoms. The maximum atomic E-state index is 8.41. The fraction of sp³-hybridized carbons (Fsp3) is 0.625. The first-order chi connectivity index (χ1) is 5.72. The predicted molar refractivity (Wildman–Crippen MR) is 45.7 cm³/mol. The lowest BCUT2D eigenvalue weighted by Crippen LogP contribution is -2.09. The van der Waals surface area contributed by atoms with Crippen molar-refractivity contribution in [2.45, 2.75) is 26.9 Å². The van der Waals surface area contributed by atoms with Gasteiger partial charge in [0, 0.05) is 12.7 Å². The quantitative estimate of drug-likeness (QED) is 0.661. The largest absolute Gasteiger partial charge is 0.316 e. The van der Waals surface area contributed by atoms with Crippen LogP contribution in [0.3, 0.4) is 0 Å². The monoisotopic (exact) mass is 169 g/mol. The molecule has 1 heterocycles. The van der Waals surface area contributed by atoms with Gasteiger partial charge in [0.1, 0.15) is 0 Å². The van der Waals surface area contributed by atoms with Crippen LogP contribution in [0.4, 0.5) is 0 Å². The van der Waals surface area contributed by atoms with Gasteiger partial charge < -0.3 is 5.21 Å². The molecule has 0 bridgehead atoms. The van der Waals surface area contributed by atoms with Crippen molar-refractivity contribution in [3.05, 3.63) is 18.0 Å². The molecule has 0 amide bonds. The summed E-state index contributed by atoms with van der Waals surface area (Å²) in [6.07, 6.45) is 1.92. The van der Waals surface area contributed by atoms with E-state index in [1.807, 2.05) is 16.9 Å². The van der Waals surface area contributed by atoms with Gasteiger partial charge in [-0.05, 0) is 12.0 Å². The van der Waals surface area contributed by atoms with Crippen LogP contribution >= 0.6 is 0 Å². The Morgan fingerprint density at radius 2 is 2.42 bits per heavy atom. The standard InChI is InChI=1S/C8H15N3O/c1-7(2)6-11-4-3-8(10-11)5-9-12/h3-4,7,9,12H,5-6H2,1-2H3. The van der Waals surface area contributed by atoms with Crippen LogP contribution in [0.25, 0.3) is 0 Å². The molecule has 1 aromatic rings. The Kier molecular flexibility index (Phi) is 3.25. The number of rotatable bonds is 4. The molecule has 0 aliphatic heterocycles. The molecule has 0 aliphatic rings. The molecule has 0 atom stereocenters. The first-order valence-electron chi connectivity index (χ1n) is 4.11. The maximum absolute atomic E-state index is 8.41. The highest BCUT2D eigenvalue weighted by atomic mass is 16.5. The molecule has 0 aliphatic carbocycles. The van der Waals surface area contributed by atoms with Crippen LogP contribution in [-0.4, -0.2) is 15.0 Å². The van der Waals surface area contributed by atoms with Gasteiger partial charge in [0.25, 0.3) is 0 Å². The highest BCUT2D eigenvalue weighted by molar-refractivity contribution is 4.97. The van der Waals surface area contributed by atoms with Crippen LogP contribution in [0.1, 0.15) is 19.5 Å². The van der Waals surface area contributed by atoms with E-state index in [9.17, 15) is 0 Å². The van der Waals surface area contributed by atoms with E-state index in [4.69, 9.17) is 5.21 Å². The first kappa shape index (κ1) is 9.22. The molecule has 0 unspecified atom stereocenters. The van der Waals surface area contributed by atoms with Crippen molar-refractivity contribution in [3.63, 3.8) is 0 Å². The molecule has 0 saturated heterocycles. The van der Waals surface area contributed by atoms with E-state index in [0.717, 1.165) is 12.2 Å². The van der Waals surface area contributed by atoms with Crippen LogP contribution < -0.4 is 5.48 Å². The maximum Gasteiger partial charge on any atom is 0.0786 e. The van der Waals surface area contributed by atoms with E-state index >= 15 is 0 Å². The third kappa shape index (κ3) is 2.64. The van der Waals surface area contributed by atoms with Gasteiger partial charge in [-0.15, -0.1) is 0 Å². The van der Waals surface area contributed by atoms with Crippen molar-refractivity contribution in [1.29, 1.82) is 0 Å². The highest BCUT2D eigenvalue weighted by Gasteiger charge is 1.99. The zero-order valence-corrected chi connectivity index (χ0v) is 7.49. The molecule has 1 aromatic heterocycles. The fourth-order valence-electron chi connectivity index (χ4n) is 1.05. The molecular weight excluding hydrogens is 154 g/mol. The van der Waals surface area contributed by atoms with Crippen LogP contribution in [0.2, 0.25) is 0 Å². The third-order valence-electron chi connectivity index (χ3n) is 1.51. The summed E-state index contributed by atoms with van der Waals surface area (Å²) in [6.45, 7) is 5.62. The van der Waals surface area contributed by atoms with E-state index in [1.54, 1.807) is 0 Å². The molecule has 0 saturated carbocycles. The summed E-state index contributed by atoms with van der Waals surface area (Å²) in [7, 11) is 0. The average Bonchev–Trinajstić information content (AvgIpc) is 2.36. The van der Waals surface area contributed by atoms with Crippen LogP contribution in [0.5, 0.6) is 0 Å².